The summed E-state index contributed by atoms with van der Waals surface area (Å²) in [6.07, 6.45) is 3.56. The average Bonchev–Trinajstić information content (AvgIpc) is 3.46. The highest BCUT2D eigenvalue weighted by molar-refractivity contribution is 5.83. The van der Waals surface area contributed by atoms with Gasteiger partial charge in [0.2, 0.25) is 11.8 Å². The van der Waals surface area contributed by atoms with Crippen molar-refractivity contribution in [3.8, 4) is 5.75 Å². The number of hydrogen-bond acceptors (Lipinski definition) is 3. The molecular formula is C19H25FN2O3. The van der Waals surface area contributed by atoms with Crippen molar-refractivity contribution in [1.82, 2.24) is 10.2 Å². The molecule has 5 nitrogen and oxygen atoms in total. The Kier molecular flexibility index (Phi) is 5.25. The summed E-state index contributed by atoms with van der Waals surface area (Å²) in [4.78, 5) is 26.7. The van der Waals surface area contributed by atoms with E-state index in [0.29, 0.717) is 17.9 Å². The Hall–Kier alpha value is -2.11. The predicted molar refractivity (Wildman–Crippen MR) is 91.5 cm³/mol. The first kappa shape index (κ1) is 17.7. The molecule has 1 aromatic rings. The average molecular weight is 348 g/mol. The van der Waals surface area contributed by atoms with Gasteiger partial charge in [0.25, 0.3) is 0 Å². The van der Waals surface area contributed by atoms with Gasteiger partial charge in [-0.05, 0) is 50.8 Å². The second-order valence-corrected chi connectivity index (χ2v) is 7.01. The van der Waals surface area contributed by atoms with E-state index in [9.17, 15) is 14.0 Å². The van der Waals surface area contributed by atoms with Crippen molar-refractivity contribution in [1.29, 1.82) is 0 Å². The number of amides is 2. The van der Waals surface area contributed by atoms with Gasteiger partial charge in [-0.15, -0.1) is 0 Å². The lowest BCUT2D eigenvalue weighted by Crippen LogP contribution is -2.46. The lowest BCUT2D eigenvalue weighted by Gasteiger charge is -2.33. The molecule has 0 bridgehead atoms. The molecule has 136 valence electrons. The van der Waals surface area contributed by atoms with Crippen molar-refractivity contribution < 1.29 is 18.7 Å². The fraction of sp³-hybridized carbons (Fsp3) is 0.579. The monoisotopic (exact) mass is 348 g/mol. The van der Waals surface area contributed by atoms with Crippen LogP contribution >= 0.6 is 0 Å². The molecule has 0 radical (unpaired) electrons. The highest BCUT2D eigenvalue weighted by atomic mass is 19.1. The highest BCUT2D eigenvalue weighted by Crippen LogP contribution is 2.33. The van der Waals surface area contributed by atoms with Crippen LogP contribution in [0.2, 0.25) is 0 Å². The molecule has 2 aliphatic rings. The predicted octanol–water partition coefficient (Wildman–Crippen LogP) is 2.66. The zero-order valence-corrected chi connectivity index (χ0v) is 14.8. The van der Waals surface area contributed by atoms with Crippen LogP contribution in [-0.2, 0) is 9.59 Å². The maximum absolute atomic E-state index is 13.5. The molecule has 2 atom stereocenters. The summed E-state index contributed by atoms with van der Waals surface area (Å²) in [5, 5.41) is 2.95. The zero-order valence-electron chi connectivity index (χ0n) is 14.8. The SMILES string of the molecule is COc1ccc(F)cc1[C@H](C)NC(=O)[C@@H]1CCCN(C(=O)C2CC2)C1. The van der Waals surface area contributed by atoms with Gasteiger partial charge in [0.05, 0.1) is 19.1 Å². The van der Waals surface area contributed by atoms with Crippen molar-refractivity contribution in [2.45, 2.75) is 38.6 Å². The Bertz CT molecular complexity index is 660. The number of carbonyl (C=O) groups is 2. The molecule has 0 spiro atoms. The van der Waals surface area contributed by atoms with Crippen LogP contribution in [0.15, 0.2) is 18.2 Å². The van der Waals surface area contributed by atoms with Crippen molar-refractivity contribution in [3.05, 3.63) is 29.6 Å². The van der Waals surface area contributed by atoms with Crippen LogP contribution < -0.4 is 10.1 Å². The minimum absolute atomic E-state index is 0.0906. The topological polar surface area (TPSA) is 58.6 Å². The molecule has 1 saturated heterocycles. The number of rotatable bonds is 5. The Labute approximate surface area is 147 Å². The smallest absolute Gasteiger partial charge is 0.225 e. The summed E-state index contributed by atoms with van der Waals surface area (Å²) in [6, 6.07) is 3.91. The van der Waals surface area contributed by atoms with Crippen molar-refractivity contribution >= 4 is 11.8 Å². The van der Waals surface area contributed by atoms with E-state index in [0.717, 1.165) is 32.2 Å². The summed E-state index contributed by atoms with van der Waals surface area (Å²) in [5.41, 5.74) is 0.609. The summed E-state index contributed by atoms with van der Waals surface area (Å²) < 4.78 is 18.8. The number of hydrogen-bond donors (Lipinski definition) is 1. The van der Waals surface area contributed by atoms with Crippen LogP contribution in [0.3, 0.4) is 0 Å². The Morgan fingerprint density at radius 2 is 2.04 bits per heavy atom. The molecule has 1 heterocycles. The fourth-order valence-electron chi connectivity index (χ4n) is 3.43. The van der Waals surface area contributed by atoms with E-state index in [1.807, 2.05) is 11.8 Å². The van der Waals surface area contributed by atoms with Crippen LogP contribution in [-0.4, -0.2) is 36.9 Å². The molecule has 2 amide bonds. The third kappa shape index (κ3) is 4.11. The highest BCUT2D eigenvalue weighted by Gasteiger charge is 2.36. The second-order valence-electron chi connectivity index (χ2n) is 7.01. The van der Waals surface area contributed by atoms with Crippen LogP contribution in [0.25, 0.3) is 0 Å². The van der Waals surface area contributed by atoms with E-state index in [1.54, 1.807) is 6.07 Å². The molecule has 1 aliphatic carbocycles. The first-order chi connectivity index (χ1) is 12.0. The Balaban J connectivity index is 1.63. The molecule has 1 N–H and O–H groups in total. The van der Waals surface area contributed by atoms with Gasteiger partial charge in [0.1, 0.15) is 11.6 Å². The van der Waals surface area contributed by atoms with E-state index in [4.69, 9.17) is 4.74 Å². The van der Waals surface area contributed by atoms with Gasteiger partial charge in [-0.3, -0.25) is 9.59 Å². The van der Waals surface area contributed by atoms with Crippen LogP contribution in [0, 0.1) is 17.7 Å². The van der Waals surface area contributed by atoms with Crippen molar-refractivity contribution in [2.24, 2.45) is 11.8 Å². The van der Waals surface area contributed by atoms with Crippen molar-refractivity contribution in [2.75, 3.05) is 20.2 Å². The fourth-order valence-corrected chi connectivity index (χ4v) is 3.43. The van der Waals surface area contributed by atoms with E-state index >= 15 is 0 Å². The molecular weight excluding hydrogens is 323 g/mol. The molecule has 25 heavy (non-hydrogen) atoms. The number of nitrogens with zero attached hydrogens (tertiary/aromatic N) is 1. The van der Waals surface area contributed by atoms with Gasteiger partial charge in [-0.25, -0.2) is 4.39 Å². The number of piperidine rings is 1. The maximum atomic E-state index is 13.5. The first-order valence-corrected chi connectivity index (χ1v) is 8.92. The number of methoxy groups -OCH3 is 1. The minimum atomic E-state index is -0.368. The van der Waals surface area contributed by atoms with Crippen molar-refractivity contribution in [3.63, 3.8) is 0 Å². The first-order valence-electron chi connectivity index (χ1n) is 8.92. The molecule has 1 aromatic carbocycles. The summed E-state index contributed by atoms with van der Waals surface area (Å²) in [7, 11) is 1.52. The van der Waals surface area contributed by atoms with Gasteiger partial charge in [0, 0.05) is 24.6 Å². The van der Waals surface area contributed by atoms with E-state index in [-0.39, 0.29) is 35.5 Å². The number of likely N-dealkylation sites (tertiary alicyclic amines) is 1. The number of nitrogens with one attached hydrogen (secondary N) is 1. The summed E-state index contributed by atoms with van der Waals surface area (Å²) >= 11 is 0. The van der Waals surface area contributed by atoms with Crippen LogP contribution in [0.4, 0.5) is 4.39 Å². The Morgan fingerprint density at radius 1 is 1.28 bits per heavy atom. The van der Waals surface area contributed by atoms with Crippen LogP contribution in [0.5, 0.6) is 5.75 Å². The number of carbonyl (C=O) groups excluding carboxylic acids is 2. The van der Waals surface area contributed by atoms with Gasteiger partial charge in [0.15, 0.2) is 0 Å². The van der Waals surface area contributed by atoms with E-state index < -0.39 is 0 Å². The van der Waals surface area contributed by atoms with E-state index in [1.165, 1.54) is 19.2 Å². The zero-order chi connectivity index (χ0) is 18.0. The molecule has 6 heteroatoms. The molecule has 1 saturated carbocycles. The van der Waals surface area contributed by atoms with E-state index in [2.05, 4.69) is 5.32 Å². The van der Waals surface area contributed by atoms with Gasteiger partial charge >= 0.3 is 0 Å². The Morgan fingerprint density at radius 3 is 2.72 bits per heavy atom. The van der Waals surface area contributed by atoms with Gasteiger partial charge in [-0.1, -0.05) is 0 Å². The molecule has 0 aromatic heterocycles. The van der Waals surface area contributed by atoms with Gasteiger partial charge < -0.3 is 15.0 Å². The normalized spacial score (nSPS) is 21.6. The minimum Gasteiger partial charge on any atom is -0.496 e. The summed E-state index contributed by atoms with van der Waals surface area (Å²) in [6.45, 7) is 3.03. The molecule has 2 fully saturated rings. The largest absolute Gasteiger partial charge is 0.496 e. The third-order valence-electron chi connectivity index (χ3n) is 5.05. The molecule has 1 aliphatic heterocycles. The van der Waals surface area contributed by atoms with Crippen LogP contribution in [0.1, 0.15) is 44.2 Å². The standard InChI is InChI=1S/C19H25FN2O3/c1-12(16-10-15(20)7-8-17(16)25-2)21-18(23)14-4-3-9-22(11-14)19(24)13-5-6-13/h7-8,10,12-14H,3-6,9,11H2,1-2H3,(H,21,23)/t12-,14+/m0/s1. The number of ether oxygens (including phenoxy) is 1. The van der Waals surface area contributed by atoms with Gasteiger partial charge in [-0.2, -0.15) is 0 Å². The molecule has 0 unspecified atom stereocenters. The third-order valence-corrected chi connectivity index (χ3v) is 5.05. The quantitative estimate of drug-likeness (QED) is 0.890. The molecule has 3 rings (SSSR count). The number of halogens is 1. The number of benzene rings is 1. The lowest BCUT2D eigenvalue weighted by molar-refractivity contribution is -0.137. The maximum Gasteiger partial charge on any atom is 0.225 e. The summed E-state index contributed by atoms with van der Waals surface area (Å²) in [5.74, 6) is 0.249. The second kappa shape index (κ2) is 7.42. The lowest BCUT2D eigenvalue weighted by atomic mass is 9.96.